The van der Waals surface area contributed by atoms with E-state index in [9.17, 15) is 4.79 Å². The largest absolute Gasteiger partial charge is 0.444 e. The molecule has 1 N–H and O–H groups in total. The van der Waals surface area contributed by atoms with Gasteiger partial charge in [-0.05, 0) is 56.9 Å². The summed E-state index contributed by atoms with van der Waals surface area (Å²) in [5.41, 5.74) is 0.540. The van der Waals surface area contributed by atoms with Crippen LogP contribution in [0.1, 0.15) is 44.7 Å². The van der Waals surface area contributed by atoms with Gasteiger partial charge in [-0.15, -0.1) is 10.2 Å². The van der Waals surface area contributed by atoms with E-state index in [0.29, 0.717) is 28.3 Å². The third kappa shape index (κ3) is 8.02. The highest BCUT2D eigenvalue weighted by Crippen LogP contribution is 2.26. The van der Waals surface area contributed by atoms with E-state index in [1.807, 2.05) is 51.3 Å². The molecule has 0 radical (unpaired) electrons. The number of thioether (sulfide) groups is 2. The predicted molar refractivity (Wildman–Crippen MR) is 110 cm³/mol. The number of alkyl carbamates (subject to hydrolysis) is 1. The fourth-order valence-electron chi connectivity index (χ4n) is 2.09. The minimum Gasteiger partial charge on any atom is -0.444 e. The number of aromatic nitrogens is 2. The lowest BCUT2D eigenvalue weighted by atomic mass is 10.2. The summed E-state index contributed by atoms with van der Waals surface area (Å²) in [6.07, 6.45) is 2.18. The lowest BCUT2D eigenvalue weighted by Gasteiger charge is -2.22. The Labute approximate surface area is 173 Å². The molecule has 0 aliphatic rings. The molecule has 1 amide bonds. The standard InChI is InChI=1S/C18H24ClN3O3S2/c1-18(2,3)25-16(23)20-14(9-10-26-4)15-21-22-17(24-15)27-11-12-5-7-13(19)8-6-12/h5-8,14H,9-11H2,1-4H3,(H,20,23). The van der Waals surface area contributed by atoms with Crippen molar-refractivity contribution in [2.45, 2.75) is 49.8 Å². The maximum absolute atomic E-state index is 12.1. The monoisotopic (exact) mass is 429 g/mol. The maximum atomic E-state index is 12.1. The molecule has 6 nitrogen and oxygen atoms in total. The quantitative estimate of drug-likeness (QED) is 0.568. The zero-order valence-electron chi connectivity index (χ0n) is 15.8. The van der Waals surface area contributed by atoms with Crippen molar-refractivity contribution in [1.82, 2.24) is 15.5 Å². The first kappa shape index (κ1) is 21.9. The van der Waals surface area contributed by atoms with Gasteiger partial charge in [-0.2, -0.15) is 11.8 Å². The number of hydrogen-bond donors (Lipinski definition) is 1. The molecule has 9 heteroatoms. The third-order valence-electron chi connectivity index (χ3n) is 3.30. The van der Waals surface area contributed by atoms with Crippen LogP contribution in [-0.2, 0) is 10.5 Å². The van der Waals surface area contributed by atoms with Crippen LogP contribution < -0.4 is 5.32 Å². The van der Waals surface area contributed by atoms with E-state index in [2.05, 4.69) is 15.5 Å². The van der Waals surface area contributed by atoms with Gasteiger partial charge in [-0.3, -0.25) is 0 Å². The van der Waals surface area contributed by atoms with Crippen molar-refractivity contribution in [3.05, 3.63) is 40.7 Å². The maximum Gasteiger partial charge on any atom is 0.408 e. The van der Waals surface area contributed by atoms with Crippen LogP contribution in [0.25, 0.3) is 0 Å². The second-order valence-corrected chi connectivity index (χ2v) is 9.15. The molecule has 2 rings (SSSR count). The van der Waals surface area contributed by atoms with E-state index in [4.69, 9.17) is 20.8 Å². The van der Waals surface area contributed by atoms with Gasteiger partial charge in [0.15, 0.2) is 0 Å². The Bertz CT molecular complexity index is 732. The fourth-order valence-corrected chi connectivity index (χ4v) is 3.41. The Balaban J connectivity index is 1.99. The number of hydrogen-bond acceptors (Lipinski definition) is 7. The zero-order chi connectivity index (χ0) is 19.9. The Morgan fingerprint density at radius 2 is 2.00 bits per heavy atom. The number of nitrogens with zero attached hydrogens (tertiary/aromatic N) is 2. The molecular formula is C18H24ClN3O3S2. The average Bonchev–Trinajstić information content (AvgIpc) is 3.05. The first-order chi connectivity index (χ1) is 12.8. The number of amides is 1. The van der Waals surface area contributed by atoms with Gasteiger partial charge in [-0.1, -0.05) is 35.5 Å². The minimum atomic E-state index is -0.567. The molecule has 1 heterocycles. The van der Waals surface area contributed by atoms with Gasteiger partial charge in [0.2, 0.25) is 5.89 Å². The molecule has 0 fully saturated rings. The predicted octanol–water partition coefficient (Wildman–Crippen LogP) is 5.33. The third-order valence-corrected chi connectivity index (χ3v) is 5.08. The lowest BCUT2D eigenvalue weighted by Crippen LogP contribution is -2.35. The first-order valence-electron chi connectivity index (χ1n) is 8.46. The van der Waals surface area contributed by atoms with Crippen LogP contribution in [0.15, 0.2) is 33.9 Å². The SMILES string of the molecule is CSCCC(NC(=O)OC(C)(C)C)c1nnc(SCc2ccc(Cl)cc2)o1. The summed E-state index contributed by atoms with van der Waals surface area (Å²) in [6.45, 7) is 5.46. The molecule has 2 aromatic rings. The first-order valence-corrected chi connectivity index (χ1v) is 11.2. The van der Waals surface area contributed by atoms with Gasteiger partial charge >= 0.3 is 6.09 Å². The molecule has 0 spiro atoms. The van der Waals surface area contributed by atoms with Crippen molar-refractivity contribution in [3.8, 4) is 0 Å². The summed E-state index contributed by atoms with van der Waals surface area (Å²) in [5, 5.41) is 12.2. The van der Waals surface area contributed by atoms with E-state index < -0.39 is 11.7 Å². The number of nitrogens with one attached hydrogen (secondary N) is 1. The fraction of sp³-hybridized carbons (Fsp3) is 0.500. The number of carbonyl (C=O) groups is 1. The molecule has 1 unspecified atom stereocenters. The average molecular weight is 430 g/mol. The van der Waals surface area contributed by atoms with E-state index in [1.54, 1.807) is 11.8 Å². The van der Waals surface area contributed by atoms with Crippen LogP contribution in [-0.4, -0.2) is 33.9 Å². The van der Waals surface area contributed by atoms with Crippen molar-refractivity contribution in [1.29, 1.82) is 0 Å². The Morgan fingerprint density at radius 1 is 1.30 bits per heavy atom. The number of benzene rings is 1. The van der Waals surface area contributed by atoms with Gasteiger partial charge < -0.3 is 14.5 Å². The molecule has 0 aliphatic carbocycles. The summed E-state index contributed by atoms with van der Waals surface area (Å²) < 4.78 is 11.1. The molecule has 1 aromatic heterocycles. The molecule has 0 aliphatic heterocycles. The van der Waals surface area contributed by atoms with Crippen LogP contribution in [0.4, 0.5) is 4.79 Å². The van der Waals surface area contributed by atoms with Crippen LogP contribution in [0.2, 0.25) is 5.02 Å². The highest BCUT2D eigenvalue weighted by molar-refractivity contribution is 7.98. The summed E-state index contributed by atoms with van der Waals surface area (Å²) in [4.78, 5) is 12.1. The molecular weight excluding hydrogens is 406 g/mol. The Morgan fingerprint density at radius 3 is 2.63 bits per heavy atom. The van der Waals surface area contributed by atoms with E-state index in [-0.39, 0.29) is 6.04 Å². The van der Waals surface area contributed by atoms with Crippen molar-refractivity contribution >= 4 is 41.2 Å². The molecule has 0 saturated heterocycles. The lowest BCUT2D eigenvalue weighted by molar-refractivity contribution is 0.0493. The van der Waals surface area contributed by atoms with Crippen LogP contribution >= 0.6 is 35.1 Å². The van der Waals surface area contributed by atoms with Crippen molar-refractivity contribution < 1.29 is 13.9 Å². The summed E-state index contributed by atoms with van der Waals surface area (Å²) >= 11 is 9.02. The van der Waals surface area contributed by atoms with E-state index in [1.165, 1.54) is 11.8 Å². The minimum absolute atomic E-state index is 0.383. The van der Waals surface area contributed by atoms with Crippen LogP contribution in [0.3, 0.4) is 0 Å². The van der Waals surface area contributed by atoms with Crippen molar-refractivity contribution in [2.24, 2.45) is 0 Å². The van der Waals surface area contributed by atoms with Crippen molar-refractivity contribution in [3.63, 3.8) is 0 Å². The zero-order valence-corrected chi connectivity index (χ0v) is 18.2. The highest BCUT2D eigenvalue weighted by atomic mass is 35.5. The van der Waals surface area contributed by atoms with E-state index in [0.717, 1.165) is 11.3 Å². The summed E-state index contributed by atoms with van der Waals surface area (Å²) in [5.74, 6) is 1.91. The number of halogens is 1. The van der Waals surface area contributed by atoms with Crippen LogP contribution in [0, 0.1) is 0 Å². The van der Waals surface area contributed by atoms with Gasteiger partial charge in [0.05, 0.1) is 0 Å². The second kappa shape index (κ2) is 10.2. The molecule has 1 atom stereocenters. The highest BCUT2D eigenvalue weighted by Gasteiger charge is 2.24. The van der Waals surface area contributed by atoms with Gasteiger partial charge in [-0.25, -0.2) is 4.79 Å². The number of carbonyl (C=O) groups excluding carboxylic acids is 1. The van der Waals surface area contributed by atoms with Gasteiger partial charge in [0.25, 0.3) is 5.22 Å². The molecule has 1 aromatic carbocycles. The number of ether oxygens (including phenoxy) is 1. The van der Waals surface area contributed by atoms with E-state index >= 15 is 0 Å². The Hall–Kier alpha value is -1.38. The van der Waals surface area contributed by atoms with Gasteiger partial charge in [0.1, 0.15) is 11.6 Å². The summed E-state index contributed by atoms with van der Waals surface area (Å²) in [7, 11) is 0. The smallest absolute Gasteiger partial charge is 0.408 e. The molecule has 0 saturated carbocycles. The molecule has 0 bridgehead atoms. The molecule has 148 valence electrons. The van der Waals surface area contributed by atoms with Crippen LogP contribution in [0.5, 0.6) is 0 Å². The van der Waals surface area contributed by atoms with Crippen molar-refractivity contribution in [2.75, 3.05) is 12.0 Å². The summed E-state index contributed by atoms with van der Waals surface area (Å²) in [6, 6.07) is 7.22. The Kier molecular flexibility index (Phi) is 8.31. The topological polar surface area (TPSA) is 77.2 Å². The van der Waals surface area contributed by atoms with Gasteiger partial charge in [0, 0.05) is 10.8 Å². The second-order valence-electron chi connectivity index (χ2n) is 6.80. The normalized spacial score (nSPS) is 12.6. The number of rotatable bonds is 8. The molecule has 27 heavy (non-hydrogen) atoms.